The van der Waals surface area contributed by atoms with Gasteiger partial charge in [0.25, 0.3) is 0 Å². The van der Waals surface area contributed by atoms with E-state index >= 15 is 0 Å². The third kappa shape index (κ3) is 2.88. The van der Waals surface area contributed by atoms with Crippen molar-refractivity contribution in [3.8, 4) is 0 Å². The first-order valence-electron chi connectivity index (χ1n) is 6.54. The Morgan fingerprint density at radius 2 is 2.32 bits per heavy atom. The number of hydrogen-bond donors (Lipinski definition) is 2. The highest BCUT2D eigenvalue weighted by Crippen LogP contribution is 2.27. The van der Waals surface area contributed by atoms with Gasteiger partial charge in [0.2, 0.25) is 10.0 Å². The smallest absolute Gasteiger partial charge is 0.243 e. The molecule has 1 fully saturated rings. The van der Waals surface area contributed by atoms with Crippen LogP contribution >= 0.6 is 0 Å². The van der Waals surface area contributed by atoms with Crippen LogP contribution in [0.5, 0.6) is 0 Å². The molecule has 2 heterocycles. The van der Waals surface area contributed by atoms with Crippen molar-refractivity contribution in [1.82, 2.24) is 9.29 Å². The number of hydrogen-bond acceptors (Lipinski definition) is 5. The first kappa shape index (κ1) is 14.2. The number of aromatic nitrogens is 1. The summed E-state index contributed by atoms with van der Waals surface area (Å²) in [4.78, 5) is 4.18. The van der Waals surface area contributed by atoms with Gasteiger partial charge >= 0.3 is 0 Å². The molecule has 1 unspecified atom stereocenters. The monoisotopic (exact) mass is 284 g/mol. The first-order valence-corrected chi connectivity index (χ1v) is 7.98. The number of rotatable bonds is 4. The Balaban J connectivity index is 2.34. The summed E-state index contributed by atoms with van der Waals surface area (Å²) in [6.07, 6.45) is 5.24. The highest BCUT2D eigenvalue weighted by atomic mass is 32.2. The Kier molecular flexibility index (Phi) is 4.38. The molecule has 7 heteroatoms. The molecule has 1 atom stereocenters. The highest BCUT2D eigenvalue weighted by Gasteiger charge is 2.32. The van der Waals surface area contributed by atoms with Gasteiger partial charge in [-0.15, -0.1) is 0 Å². The normalized spacial score (nSPS) is 21.3. The van der Waals surface area contributed by atoms with Crippen LogP contribution in [0.4, 0.5) is 5.82 Å². The number of nitrogen functional groups attached to an aromatic ring is 1. The molecule has 0 radical (unpaired) electrons. The molecule has 2 rings (SSSR count). The van der Waals surface area contributed by atoms with Crippen molar-refractivity contribution < 1.29 is 8.42 Å². The zero-order valence-electron chi connectivity index (χ0n) is 11.0. The highest BCUT2D eigenvalue weighted by molar-refractivity contribution is 7.89. The van der Waals surface area contributed by atoms with Gasteiger partial charge in [0.1, 0.15) is 5.82 Å². The summed E-state index contributed by atoms with van der Waals surface area (Å²) in [6, 6.07) is 3.08. The van der Waals surface area contributed by atoms with E-state index in [0.717, 1.165) is 25.7 Å². The second-order valence-electron chi connectivity index (χ2n) is 4.69. The lowest BCUT2D eigenvalue weighted by Gasteiger charge is -2.34. The first-order chi connectivity index (χ1) is 9.09. The molecular formula is C12H20N4O2S. The van der Waals surface area contributed by atoms with Crippen LogP contribution in [-0.4, -0.2) is 30.3 Å². The van der Waals surface area contributed by atoms with Crippen LogP contribution in [0.1, 0.15) is 32.6 Å². The standard InChI is InChI=1S/C12H20N4O2S/c1-2-10-5-3-4-8-16(10)19(17,18)11-6-7-14-12(9-11)15-13/h6-7,9-10H,2-5,8,13H2,1H3,(H,14,15). The van der Waals surface area contributed by atoms with Gasteiger partial charge in [-0.1, -0.05) is 13.3 Å². The van der Waals surface area contributed by atoms with Crippen molar-refractivity contribution in [2.45, 2.75) is 43.5 Å². The summed E-state index contributed by atoms with van der Waals surface area (Å²) in [5, 5.41) is 0. The topological polar surface area (TPSA) is 88.3 Å². The summed E-state index contributed by atoms with van der Waals surface area (Å²) in [6.45, 7) is 2.62. The molecule has 1 aliphatic rings. The van der Waals surface area contributed by atoms with E-state index in [1.165, 1.54) is 18.3 Å². The summed E-state index contributed by atoms with van der Waals surface area (Å²) in [5.41, 5.74) is 2.37. The molecule has 0 spiro atoms. The number of sulfonamides is 1. The van der Waals surface area contributed by atoms with Crippen LogP contribution in [0.3, 0.4) is 0 Å². The van der Waals surface area contributed by atoms with Gasteiger partial charge in [-0.25, -0.2) is 19.2 Å². The molecule has 0 aliphatic carbocycles. The molecule has 1 aliphatic heterocycles. The Morgan fingerprint density at radius 1 is 1.53 bits per heavy atom. The van der Waals surface area contributed by atoms with Crippen LogP contribution in [0.25, 0.3) is 0 Å². The number of pyridine rings is 1. The molecule has 0 saturated carbocycles. The fraction of sp³-hybridized carbons (Fsp3) is 0.583. The summed E-state index contributed by atoms with van der Waals surface area (Å²) in [5.74, 6) is 5.63. The fourth-order valence-corrected chi connectivity index (χ4v) is 4.26. The lowest BCUT2D eigenvalue weighted by Crippen LogP contribution is -2.43. The minimum atomic E-state index is -3.46. The molecule has 19 heavy (non-hydrogen) atoms. The largest absolute Gasteiger partial charge is 0.308 e. The molecule has 1 aromatic heterocycles. The summed E-state index contributed by atoms with van der Waals surface area (Å²) in [7, 11) is -3.46. The van der Waals surface area contributed by atoms with Crippen LogP contribution in [-0.2, 0) is 10.0 Å². The van der Waals surface area contributed by atoms with Crippen LogP contribution in [0, 0.1) is 0 Å². The number of piperidine rings is 1. The van der Waals surface area contributed by atoms with Crippen molar-refractivity contribution in [2.24, 2.45) is 5.84 Å². The zero-order valence-corrected chi connectivity index (χ0v) is 11.9. The van der Waals surface area contributed by atoms with E-state index in [1.54, 1.807) is 4.31 Å². The van der Waals surface area contributed by atoms with Gasteiger partial charge in [-0.3, -0.25) is 0 Å². The van der Waals surface area contributed by atoms with E-state index in [1.807, 2.05) is 6.92 Å². The average molecular weight is 284 g/mol. The average Bonchev–Trinajstić information content (AvgIpc) is 2.47. The van der Waals surface area contributed by atoms with E-state index in [0.29, 0.717) is 12.4 Å². The molecule has 0 aromatic carbocycles. The summed E-state index contributed by atoms with van der Waals surface area (Å²) >= 11 is 0. The SMILES string of the molecule is CCC1CCCCN1S(=O)(=O)c1ccnc(NN)c1. The van der Waals surface area contributed by atoms with Gasteiger partial charge in [0.15, 0.2) is 0 Å². The van der Waals surface area contributed by atoms with E-state index in [2.05, 4.69) is 10.4 Å². The second-order valence-corrected chi connectivity index (χ2v) is 6.59. The lowest BCUT2D eigenvalue weighted by atomic mass is 10.0. The summed E-state index contributed by atoms with van der Waals surface area (Å²) < 4.78 is 26.9. The molecule has 1 saturated heterocycles. The third-order valence-electron chi connectivity index (χ3n) is 3.53. The Hall–Kier alpha value is -1.18. The zero-order chi connectivity index (χ0) is 13.9. The van der Waals surface area contributed by atoms with Crippen molar-refractivity contribution in [2.75, 3.05) is 12.0 Å². The minimum Gasteiger partial charge on any atom is -0.308 e. The molecule has 1 aromatic rings. The van der Waals surface area contributed by atoms with Gasteiger partial charge in [-0.2, -0.15) is 4.31 Å². The molecule has 6 nitrogen and oxygen atoms in total. The maximum atomic E-state index is 12.7. The number of nitrogens with two attached hydrogens (primary N) is 1. The van der Waals surface area contributed by atoms with Gasteiger partial charge in [0, 0.05) is 24.8 Å². The van der Waals surface area contributed by atoms with Crippen LogP contribution in [0.2, 0.25) is 0 Å². The molecule has 0 amide bonds. The maximum Gasteiger partial charge on any atom is 0.243 e. The predicted octanol–water partition coefficient (Wildman–Crippen LogP) is 1.32. The fourth-order valence-electron chi connectivity index (χ4n) is 2.48. The Bertz CT molecular complexity index is 532. The second kappa shape index (κ2) is 5.85. The van der Waals surface area contributed by atoms with E-state index < -0.39 is 10.0 Å². The molecule has 3 N–H and O–H groups in total. The molecule has 0 bridgehead atoms. The van der Waals surface area contributed by atoms with E-state index in [9.17, 15) is 8.42 Å². The van der Waals surface area contributed by atoms with E-state index in [4.69, 9.17) is 5.84 Å². The number of anilines is 1. The predicted molar refractivity (Wildman–Crippen MR) is 73.9 cm³/mol. The van der Waals surface area contributed by atoms with E-state index in [-0.39, 0.29) is 10.9 Å². The number of nitrogens with one attached hydrogen (secondary N) is 1. The quantitative estimate of drug-likeness (QED) is 0.643. The maximum absolute atomic E-state index is 12.7. The number of nitrogens with zero attached hydrogens (tertiary/aromatic N) is 2. The van der Waals surface area contributed by atoms with Crippen molar-refractivity contribution >= 4 is 15.8 Å². The molecular weight excluding hydrogens is 264 g/mol. The third-order valence-corrected chi connectivity index (χ3v) is 5.48. The number of hydrazine groups is 1. The lowest BCUT2D eigenvalue weighted by molar-refractivity contribution is 0.246. The van der Waals surface area contributed by atoms with Crippen molar-refractivity contribution in [3.05, 3.63) is 18.3 Å². The van der Waals surface area contributed by atoms with Gasteiger partial charge in [-0.05, 0) is 25.3 Å². The Morgan fingerprint density at radius 3 is 3.00 bits per heavy atom. The van der Waals surface area contributed by atoms with Crippen LogP contribution < -0.4 is 11.3 Å². The van der Waals surface area contributed by atoms with Gasteiger partial charge < -0.3 is 5.43 Å². The van der Waals surface area contributed by atoms with Crippen LogP contribution in [0.15, 0.2) is 23.2 Å². The molecule has 106 valence electrons. The Labute approximate surface area is 114 Å². The van der Waals surface area contributed by atoms with Crippen molar-refractivity contribution in [3.63, 3.8) is 0 Å². The van der Waals surface area contributed by atoms with Crippen molar-refractivity contribution in [1.29, 1.82) is 0 Å². The minimum absolute atomic E-state index is 0.0983. The van der Waals surface area contributed by atoms with Gasteiger partial charge in [0.05, 0.1) is 4.90 Å².